The number of halogens is 3. The Bertz CT molecular complexity index is 433. The maximum Gasteiger partial charge on any atom is 0.573 e. The highest BCUT2D eigenvalue weighted by molar-refractivity contribution is 5.35. The molecule has 19 heavy (non-hydrogen) atoms. The Labute approximate surface area is 108 Å². The Hall–Kier alpha value is -1.27. The predicted octanol–water partition coefficient (Wildman–Crippen LogP) is 3.04. The number of para-hydroxylation sites is 1. The van der Waals surface area contributed by atoms with Gasteiger partial charge in [0.15, 0.2) is 0 Å². The zero-order chi connectivity index (χ0) is 14.0. The first-order chi connectivity index (χ1) is 8.87. The molecule has 1 aromatic rings. The summed E-state index contributed by atoms with van der Waals surface area (Å²) in [7, 11) is 0. The number of hydrogen-bond donors (Lipinski definition) is 1. The Kier molecular flexibility index (Phi) is 4.01. The summed E-state index contributed by atoms with van der Waals surface area (Å²) >= 11 is 0. The quantitative estimate of drug-likeness (QED) is 0.922. The molecule has 1 aliphatic heterocycles. The number of rotatable bonds is 3. The van der Waals surface area contributed by atoms with E-state index in [4.69, 9.17) is 4.74 Å². The van der Waals surface area contributed by atoms with Gasteiger partial charge in [-0.1, -0.05) is 18.2 Å². The van der Waals surface area contributed by atoms with Crippen molar-refractivity contribution in [3.63, 3.8) is 0 Å². The normalized spacial score (nSPS) is 25.3. The van der Waals surface area contributed by atoms with Gasteiger partial charge < -0.3 is 14.6 Å². The van der Waals surface area contributed by atoms with Gasteiger partial charge in [-0.15, -0.1) is 13.2 Å². The molecule has 3 unspecified atom stereocenters. The molecule has 0 aromatic heterocycles. The molecule has 1 heterocycles. The minimum Gasteiger partial charge on any atom is -0.405 e. The fourth-order valence-corrected chi connectivity index (χ4v) is 2.27. The molecule has 3 atom stereocenters. The Morgan fingerprint density at radius 1 is 1.37 bits per heavy atom. The number of alkyl halides is 3. The summed E-state index contributed by atoms with van der Waals surface area (Å²) in [5, 5.41) is 10.2. The first-order valence-corrected chi connectivity index (χ1v) is 6.01. The second-order valence-corrected chi connectivity index (χ2v) is 4.67. The Balaban J connectivity index is 2.19. The number of hydrogen-bond acceptors (Lipinski definition) is 3. The third kappa shape index (κ3) is 3.61. The van der Waals surface area contributed by atoms with Crippen LogP contribution in [-0.2, 0) is 4.74 Å². The van der Waals surface area contributed by atoms with Crippen LogP contribution >= 0.6 is 0 Å². The highest BCUT2D eigenvalue weighted by Gasteiger charge is 2.35. The summed E-state index contributed by atoms with van der Waals surface area (Å²) in [5.41, 5.74) is 0.141. The maximum atomic E-state index is 12.3. The maximum absolute atomic E-state index is 12.3. The molecule has 1 N–H and O–H groups in total. The van der Waals surface area contributed by atoms with Crippen LogP contribution in [0.4, 0.5) is 13.2 Å². The molecule has 1 fully saturated rings. The molecule has 6 heteroatoms. The predicted molar refractivity (Wildman–Crippen MR) is 61.6 cm³/mol. The molecule has 1 aliphatic rings. The molecule has 0 amide bonds. The average molecular weight is 276 g/mol. The number of ether oxygens (including phenoxy) is 2. The highest BCUT2D eigenvalue weighted by atomic mass is 19.4. The van der Waals surface area contributed by atoms with Gasteiger partial charge >= 0.3 is 6.36 Å². The largest absolute Gasteiger partial charge is 0.573 e. The van der Waals surface area contributed by atoms with Crippen molar-refractivity contribution in [2.75, 3.05) is 6.61 Å². The molecular weight excluding hydrogens is 261 g/mol. The van der Waals surface area contributed by atoms with Crippen molar-refractivity contribution in [3.05, 3.63) is 29.8 Å². The summed E-state index contributed by atoms with van der Waals surface area (Å²) < 4.78 is 46.2. The highest BCUT2D eigenvalue weighted by Crippen LogP contribution is 2.37. The van der Waals surface area contributed by atoms with Crippen LogP contribution in [0.25, 0.3) is 0 Å². The van der Waals surface area contributed by atoms with Crippen molar-refractivity contribution in [2.24, 2.45) is 5.92 Å². The van der Waals surface area contributed by atoms with Crippen LogP contribution in [0.1, 0.15) is 25.0 Å². The summed E-state index contributed by atoms with van der Waals surface area (Å²) in [6.45, 7) is 2.20. The molecule has 0 bridgehead atoms. The van der Waals surface area contributed by atoms with E-state index in [1.807, 2.05) is 6.92 Å². The summed E-state index contributed by atoms with van der Waals surface area (Å²) in [6, 6.07) is 5.64. The molecule has 2 rings (SSSR count). The minimum atomic E-state index is -4.77. The van der Waals surface area contributed by atoms with Gasteiger partial charge in [-0.3, -0.25) is 0 Å². The summed E-state index contributed by atoms with van der Waals surface area (Å²) in [4.78, 5) is 0. The standard InChI is InChI=1S/C13H15F3O3/c1-8-6-9(7-18-8)12(17)10-4-2-3-5-11(10)19-13(14,15)16/h2-5,8-9,12,17H,6-7H2,1H3. The van der Waals surface area contributed by atoms with Gasteiger partial charge in [-0.05, 0) is 19.4 Å². The third-order valence-corrected chi connectivity index (χ3v) is 3.14. The molecule has 0 radical (unpaired) electrons. The van der Waals surface area contributed by atoms with Crippen molar-refractivity contribution in [1.82, 2.24) is 0 Å². The number of aliphatic hydroxyl groups is 1. The number of aliphatic hydroxyl groups excluding tert-OH is 1. The molecule has 106 valence electrons. The van der Waals surface area contributed by atoms with E-state index >= 15 is 0 Å². The fraction of sp³-hybridized carbons (Fsp3) is 0.538. The second kappa shape index (κ2) is 5.38. The molecule has 0 saturated carbocycles. The number of benzene rings is 1. The molecule has 1 aromatic carbocycles. The van der Waals surface area contributed by atoms with Crippen LogP contribution in [-0.4, -0.2) is 24.2 Å². The lowest BCUT2D eigenvalue weighted by Crippen LogP contribution is -2.20. The van der Waals surface area contributed by atoms with E-state index in [-0.39, 0.29) is 23.3 Å². The lowest BCUT2D eigenvalue weighted by molar-refractivity contribution is -0.275. The van der Waals surface area contributed by atoms with Crippen molar-refractivity contribution in [3.8, 4) is 5.75 Å². The van der Waals surface area contributed by atoms with Crippen molar-refractivity contribution >= 4 is 0 Å². The van der Waals surface area contributed by atoms with Gasteiger partial charge in [0.1, 0.15) is 5.75 Å². The van der Waals surface area contributed by atoms with E-state index in [1.54, 1.807) is 6.07 Å². The second-order valence-electron chi connectivity index (χ2n) is 4.67. The zero-order valence-corrected chi connectivity index (χ0v) is 10.4. The fourth-order valence-electron chi connectivity index (χ4n) is 2.27. The average Bonchev–Trinajstić information content (AvgIpc) is 2.74. The summed E-state index contributed by atoms with van der Waals surface area (Å²) in [6.07, 6.45) is -5.17. The van der Waals surface area contributed by atoms with Gasteiger partial charge in [0.2, 0.25) is 0 Å². The van der Waals surface area contributed by atoms with Crippen molar-refractivity contribution in [1.29, 1.82) is 0 Å². The summed E-state index contributed by atoms with van der Waals surface area (Å²) in [5.74, 6) is -0.574. The molecule has 3 nitrogen and oxygen atoms in total. The molecule has 1 saturated heterocycles. The Morgan fingerprint density at radius 3 is 2.63 bits per heavy atom. The molecule has 0 spiro atoms. The lowest BCUT2D eigenvalue weighted by Gasteiger charge is -2.20. The van der Waals surface area contributed by atoms with Gasteiger partial charge in [-0.2, -0.15) is 0 Å². The Morgan fingerprint density at radius 2 is 2.05 bits per heavy atom. The first-order valence-electron chi connectivity index (χ1n) is 6.01. The van der Waals surface area contributed by atoms with E-state index in [0.29, 0.717) is 13.0 Å². The monoisotopic (exact) mass is 276 g/mol. The van der Waals surface area contributed by atoms with Gasteiger partial charge in [0.05, 0.1) is 18.8 Å². The van der Waals surface area contributed by atoms with E-state index in [1.165, 1.54) is 18.2 Å². The van der Waals surface area contributed by atoms with Crippen LogP contribution in [0.15, 0.2) is 24.3 Å². The molecule has 0 aliphatic carbocycles. The van der Waals surface area contributed by atoms with Crippen LogP contribution in [0.2, 0.25) is 0 Å². The molecular formula is C13H15F3O3. The zero-order valence-electron chi connectivity index (χ0n) is 10.4. The first kappa shape index (κ1) is 14.1. The van der Waals surface area contributed by atoms with E-state index in [2.05, 4.69) is 4.74 Å². The van der Waals surface area contributed by atoms with E-state index in [0.717, 1.165) is 0 Å². The topological polar surface area (TPSA) is 38.7 Å². The van der Waals surface area contributed by atoms with Crippen molar-refractivity contribution < 1.29 is 27.8 Å². The van der Waals surface area contributed by atoms with E-state index in [9.17, 15) is 18.3 Å². The van der Waals surface area contributed by atoms with Gasteiger partial charge in [0, 0.05) is 11.5 Å². The third-order valence-electron chi connectivity index (χ3n) is 3.14. The SMILES string of the molecule is CC1CC(C(O)c2ccccc2OC(F)(F)F)CO1. The van der Waals surface area contributed by atoms with E-state index < -0.39 is 12.5 Å². The van der Waals surface area contributed by atoms with Crippen LogP contribution in [0, 0.1) is 5.92 Å². The van der Waals surface area contributed by atoms with Crippen LogP contribution < -0.4 is 4.74 Å². The lowest BCUT2D eigenvalue weighted by atomic mass is 9.93. The van der Waals surface area contributed by atoms with Gasteiger partial charge in [0.25, 0.3) is 0 Å². The minimum absolute atomic E-state index is 0.00958. The van der Waals surface area contributed by atoms with Crippen LogP contribution in [0.5, 0.6) is 5.75 Å². The van der Waals surface area contributed by atoms with Gasteiger partial charge in [-0.25, -0.2) is 0 Å². The van der Waals surface area contributed by atoms with Crippen molar-refractivity contribution in [2.45, 2.75) is 31.9 Å². The van der Waals surface area contributed by atoms with Crippen LogP contribution in [0.3, 0.4) is 0 Å². The smallest absolute Gasteiger partial charge is 0.405 e.